The summed E-state index contributed by atoms with van der Waals surface area (Å²) >= 11 is 0. The minimum Gasteiger partial charge on any atom is -0.289 e. The Morgan fingerprint density at radius 2 is 1.95 bits per heavy atom. The molecule has 2 aromatic heterocycles. The number of nitrogens with zero attached hydrogens (tertiary/aromatic N) is 3. The largest absolute Gasteiger partial charge is 0.289 e. The quantitative estimate of drug-likeness (QED) is 0.746. The molecule has 0 unspecified atom stereocenters. The van der Waals surface area contributed by atoms with E-state index in [-0.39, 0.29) is 17.5 Å². The van der Waals surface area contributed by atoms with E-state index in [4.69, 9.17) is 0 Å². The van der Waals surface area contributed by atoms with E-state index in [1.165, 1.54) is 24.5 Å². The molecule has 0 fully saturated rings. The predicted octanol–water partition coefficient (Wildman–Crippen LogP) is 3.18. The van der Waals surface area contributed by atoms with Crippen molar-refractivity contribution in [3.63, 3.8) is 0 Å². The molecule has 5 heteroatoms. The highest BCUT2D eigenvalue weighted by molar-refractivity contribution is 5.77. The molecule has 0 saturated carbocycles. The molecular weight excluding hydrogens is 281 g/mol. The minimum absolute atomic E-state index is 0.160. The zero-order valence-corrected chi connectivity index (χ0v) is 12.4. The van der Waals surface area contributed by atoms with E-state index in [0.717, 1.165) is 5.69 Å². The molecule has 0 aliphatic heterocycles. The molecule has 0 aliphatic rings. The van der Waals surface area contributed by atoms with Gasteiger partial charge in [-0.1, -0.05) is 19.9 Å². The highest BCUT2D eigenvalue weighted by atomic mass is 19.1. The maximum Gasteiger partial charge on any atom is 0.261 e. The predicted molar refractivity (Wildman–Crippen MR) is 83.2 cm³/mol. The number of pyridine rings is 1. The van der Waals surface area contributed by atoms with E-state index in [2.05, 4.69) is 9.97 Å². The molecule has 0 spiro atoms. The summed E-state index contributed by atoms with van der Waals surface area (Å²) in [5.74, 6) is -0.241. The van der Waals surface area contributed by atoms with E-state index >= 15 is 0 Å². The van der Waals surface area contributed by atoms with Crippen LogP contribution in [0.1, 0.15) is 25.6 Å². The van der Waals surface area contributed by atoms with Crippen LogP contribution in [0.3, 0.4) is 0 Å². The van der Waals surface area contributed by atoms with Crippen molar-refractivity contribution in [2.75, 3.05) is 0 Å². The third kappa shape index (κ3) is 2.50. The van der Waals surface area contributed by atoms with Crippen molar-refractivity contribution in [1.29, 1.82) is 0 Å². The van der Waals surface area contributed by atoms with Gasteiger partial charge < -0.3 is 0 Å². The van der Waals surface area contributed by atoms with Crippen LogP contribution in [-0.4, -0.2) is 14.5 Å². The summed E-state index contributed by atoms with van der Waals surface area (Å²) in [5.41, 5.74) is 0.988. The van der Waals surface area contributed by atoms with Gasteiger partial charge in [-0.3, -0.25) is 14.3 Å². The Labute approximate surface area is 127 Å². The van der Waals surface area contributed by atoms with E-state index in [1.807, 2.05) is 32.0 Å². The molecule has 22 heavy (non-hydrogen) atoms. The SMILES string of the molecule is CC(C)[C@H](c1ccccn1)n1cnc2cc(F)ccc2c1=O. The Morgan fingerprint density at radius 3 is 2.64 bits per heavy atom. The molecule has 4 nitrogen and oxygen atoms in total. The lowest BCUT2D eigenvalue weighted by Crippen LogP contribution is -2.29. The van der Waals surface area contributed by atoms with Crippen LogP contribution in [0.4, 0.5) is 4.39 Å². The van der Waals surface area contributed by atoms with Gasteiger partial charge in [0, 0.05) is 12.3 Å². The van der Waals surface area contributed by atoms with Crippen LogP contribution in [-0.2, 0) is 0 Å². The molecule has 3 rings (SSSR count). The first kappa shape index (κ1) is 14.4. The van der Waals surface area contributed by atoms with Gasteiger partial charge in [0.15, 0.2) is 0 Å². The van der Waals surface area contributed by atoms with Gasteiger partial charge in [-0.05, 0) is 30.2 Å². The maximum atomic E-state index is 13.3. The zero-order chi connectivity index (χ0) is 15.7. The van der Waals surface area contributed by atoms with Gasteiger partial charge in [0.05, 0.1) is 29.0 Å². The van der Waals surface area contributed by atoms with E-state index in [1.54, 1.807) is 10.8 Å². The fourth-order valence-electron chi connectivity index (χ4n) is 2.66. The highest BCUT2D eigenvalue weighted by Gasteiger charge is 2.21. The molecule has 0 radical (unpaired) electrons. The molecule has 2 heterocycles. The fraction of sp³-hybridized carbons (Fsp3) is 0.235. The molecule has 3 aromatic rings. The maximum absolute atomic E-state index is 13.3. The van der Waals surface area contributed by atoms with Gasteiger partial charge in [-0.2, -0.15) is 0 Å². The van der Waals surface area contributed by atoms with Crippen LogP contribution in [0.15, 0.2) is 53.7 Å². The molecule has 0 N–H and O–H groups in total. The normalized spacial score (nSPS) is 12.7. The average molecular weight is 297 g/mol. The monoisotopic (exact) mass is 297 g/mol. The summed E-state index contributed by atoms with van der Waals surface area (Å²) < 4.78 is 14.8. The summed E-state index contributed by atoms with van der Waals surface area (Å²) in [7, 11) is 0. The van der Waals surface area contributed by atoms with Crippen molar-refractivity contribution in [1.82, 2.24) is 14.5 Å². The standard InChI is InChI=1S/C17H16FN3O/c1-11(2)16(14-5-3-4-8-19-14)21-10-20-15-9-12(18)6-7-13(15)17(21)22/h3-11,16H,1-2H3/t16-/m1/s1. The highest BCUT2D eigenvalue weighted by Crippen LogP contribution is 2.23. The van der Waals surface area contributed by atoms with Crippen molar-refractivity contribution in [2.45, 2.75) is 19.9 Å². The molecule has 0 bridgehead atoms. The van der Waals surface area contributed by atoms with Crippen molar-refractivity contribution in [2.24, 2.45) is 5.92 Å². The van der Waals surface area contributed by atoms with Crippen LogP contribution in [0.2, 0.25) is 0 Å². The molecule has 0 amide bonds. The number of aromatic nitrogens is 3. The lowest BCUT2D eigenvalue weighted by molar-refractivity contribution is 0.415. The Kier molecular flexibility index (Phi) is 3.71. The van der Waals surface area contributed by atoms with Gasteiger partial charge in [0.2, 0.25) is 0 Å². The number of fused-ring (bicyclic) bond motifs is 1. The number of rotatable bonds is 3. The average Bonchev–Trinajstić information content (AvgIpc) is 2.50. The Bertz CT molecular complexity index is 859. The Morgan fingerprint density at radius 1 is 1.14 bits per heavy atom. The molecule has 112 valence electrons. The fourth-order valence-corrected chi connectivity index (χ4v) is 2.66. The summed E-state index contributed by atoms with van der Waals surface area (Å²) in [6.07, 6.45) is 3.18. The smallest absolute Gasteiger partial charge is 0.261 e. The third-order valence-corrected chi connectivity index (χ3v) is 3.67. The second-order valence-corrected chi connectivity index (χ2v) is 5.56. The van der Waals surface area contributed by atoms with Crippen LogP contribution in [0.5, 0.6) is 0 Å². The molecule has 0 saturated heterocycles. The van der Waals surface area contributed by atoms with Crippen molar-refractivity contribution >= 4 is 10.9 Å². The summed E-state index contributed by atoms with van der Waals surface area (Å²) in [6.45, 7) is 4.06. The number of halogens is 1. The van der Waals surface area contributed by atoms with Crippen LogP contribution in [0.25, 0.3) is 10.9 Å². The van der Waals surface area contributed by atoms with Crippen molar-refractivity contribution < 1.29 is 4.39 Å². The van der Waals surface area contributed by atoms with Gasteiger partial charge in [0.25, 0.3) is 5.56 Å². The van der Waals surface area contributed by atoms with Crippen molar-refractivity contribution in [3.05, 3.63) is 70.8 Å². The van der Waals surface area contributed by atoms with Gasteiger partial charge in [-0.25, -0.2) is 9.37 Å². The first-order valence-corrected chi connectivity index (χ1v) is 7.15. The van der Waals surface area contributed by atoms with E-state index in [9.17, 15) is 9.18 Å². The van der Waals surface area contributed by atoms with Gasteiger partial charge >= 0.3 is 0 Å². The number of hydrogen-bond donors (Lipinski definition) is 0. The van der Waals surface area contributed by atoms with Crippen molar-refractivity contribution in [3.8, 4) is 0 Å². The summed E-state index contributed by atoms with van der Waals surface area (Å²) in [4.78, 5) is 21.3. The summed E-state index contributed by atoms with van der Waals surface area (Å²) in [5, 5.41) is 0.408. The van der Waals surface area contributed by atoms with Gasteiger partial charge in [0.1, 0.15) is 5.82 Å². The first-order chi connectivity index (χ1) is 10.6. The Balaban J connectivity index is 2.21. The lowest BCUT2D eigenvalue weighted by Gasteiger charge is -2.22. The number of hydrogen-bond acceptors (Lipinski definition) is 3. The number of benzene rings is 1. The Hall–Kier alpha value is -2.56. The first-order valence-electron chi connectivity index (χ1n) is 7.15. The lowest BCUT2D eigenvalue weighted by atomic mass is 10.00. The molecule has 0 aliphatic carbocycles. The van der Waals surface area contributed by atoms with Crippen LogP contribution >= 0.6 is 0 Å². The topological polar surface area (TPSA) is 47.8 Å². The van der Waals surface area contributed by atoms with Gasteiger partial charge in [-0.15, -0.1) is 0 Å². The van der Waals surface area contributed by atoms with E-state index in [0.29, 0.717) is 10.9 Å². The molecule has 1 atom stereocenters. The second kappa shape index (κ2) is 5.67. The van der Waals surface area contributed by atoms with E-state index < -0.39 is 5.82 Å². The molecular formula is C17H16FN3O. The summed E-state index contributed by atoms with van der Waals surface area (Å²) in [6, 6.07) is 9.44. The third-order valence-electron chi connectivity index (χ3n) is 3.67. The molecule has 1 aromatic carbocycles. The minimum atomic E-state index is -0.401. The van der Waals surface area contributed by atoms with Crippen LogP contribution in [0, 0.1) is 11.7 Å². The second-order valence-electron chi connectivity index (χ2n) is 5.56. The van der Waals surface area contributed by atoms with Crippen LogP contribution < -0.4 is 5.56 Å². The zero-order valence-electron chi connectivity index (χ0n) is 12.4.